The van der Waals surface area contributed by atoms with Gasteiger partial charge in [0.1, 0.15) is 5.76 Å². The van der Waals surface area contributed by atoms with Crippen LogP contribution in [0.25, 0.3) is 0 Å². The number of hydrogen-bond donors (Lipinski definition) is 1. The highest BCUT2D eigenvalue weighted by atomic mass is 16.7. The normalized spacial score (nSPS) is 21.3. The smallest absolute Gasteiger partial charge is 0.226 e. The van der Waals surface area contributed by atoms with Gasteiger partial charge >= 0.3 is 0 Å². The maximum Gasteiger partial charge on any atom is 0.226 e. The number of anilines is 1. The van der Waals surface area contributed by atoms with E-state index in [-0.39, 0.29) is 12.2 Å². The third-order valence-electron chi connectivity index (χ3n) is 4.22. The van der Waals surface area contributed by atoms with E-state index in [1.165, 1.54) is 0 Å². The fourth-order valence-corrected chi connectivity index (χ4v) is 2.99. The number of aromatic nitrogens is 1. The Hall–Kier alpha value is -1.44. The van der Waals surface area contributed by atoms with E-state index in [4.69, 9.17) is 14.0 Å². The van der Waals surface area contributed by atoms with Crippen molar-refractivity contribution in [3.8, 4) is 0 Å². The Kier molecular flexibility index (Phi) is 5.07. The summed E-state index contributed by atoms with van der Waals surface area (Å²) in [5.74, 6) is 1.63. The number of hydrogen-bond acceptors (Lipinski definition) is 6. The minimum absolute atomic E-state index is 0.0131. The first-order valence-corrected chi connectivity index (χ1v) is 7.89. The number of nitrogens with one attached hydrogen (secondary N) is 1. The van der Waals surface area contributed by atoms with Crippen molar-refractivity contribution >= 4 is 11.7 Å². The van der Waals surface area contributed by atoms with Gasteiger partial charge in [0, 0.05) is 24.9 Å². The van der Waals surface area contributed by atoms with Crippen molar-refractivity contribution in [2.24, 2.45) is 5.92 Å². The van der Waals surface area contributed by atoms with E-state index in [1.807, 2.05) is 0 Å². The molecule has 0 aromatic carbocycles. The number of nitrogens with zero attached hydrogens (tertiary/aromatic N) is 2. The summed E-state index contributed by atoms with van der Waals surface area (Å²) in [5.41, 5.74) is 0. The summed E-state index contributed by atoms with van der Waals surface area (Å²) >= 11 is 0. The second-order valence-corrected chi connectivity index (χ2v) is 5.91. The lowest BCUT2D eigenvalue weighted by Gasteiger charge is -2.33. The number of aryl methyl sites for hydroxylation is 1. The molecule has 0 unspecified atom stereocenters. The summed E-state index contributed by atoms with van der Waals surface area (Å²) in [4.78, 5) is 14.2. The molecule has 0 spiro atoms. The average molecular weight is 309 g/mol. The first-order chi connectivity index (χ1) is 10.7. The van der Waals surface area contributed by atoms with Gasteiger partial charge in [-0.25, -0.2) is 0 Å². The van der Waals surface area contributed by atoms with Crippen molar-refractivity contribution in [1.82, 2.24) is 10.1 Å². The number of carbonyl (C=O) groups excluding carboxylic acids is 1. The fourth-order valence-electron chi connectivity index (χ4n) is 2.99. The van der Waals surface area contributed by atoms with Gasteiger partial charge in [-0.05, 0) is 32.9 Å². The summed E-state index contributed by atoms with van der Waals surface area (Å²) in [5, 5.41) is 6.50. The summed E-state index contributed by atoms with van der Waals surface area (Å²) in [6, 6.07) is 1.71. The van der Waals surface area contributed by atoms with Crippen LogP contribution in [0, 0.1) is 12.8 Å². The molecule has 122 valence electrons. The Morgan fingerprint density at radius 3 is 2.73 bits per heavy atom. The maximum atomic E-state index is 11.9. The zero-order chi connectivity index (χ0) is 15.4. The van der Waals surface area contributed by atoms with Crippen LogP contribution in [-0.4, -0.2) is 55.1 Å². The van der Waals surface area contributed by atoms with Gasteiger partial charge < -0.3 is 24.2 Å². The van der Waals surface area contributed by atoms with Crippen molar-refractivity contribution < 1.29 is 18.8 Å². The van der Waals surface area contributed by atoms with Gasteiger partial charge in [-0.1, -0.05) is 5.16 Å². The SMILES string of the molecule is Cc1cc(NC(=O)CCN2CCC(C3OCCO3)CC2)no1. The maximum absolute atomic E-state index is 11.9. The van der Waals surface area contributed by atoms with Crippen LogP contribution in [0.2, 0.25) is 0 Å². The zero-order valence-electron chi connectivity index (χ0n) is 12.9. The zero-order valence-corrected chi connectivity index (χ0v) is 12.9. The number of likely N-dealkylation sites (tertiary alicyclic amines) is 1. The molecular weight excluding hydrogens is 286 g/mol. The van der Waals surface area contributed by atoms with E-state index in [9.17, 15) is 4.79 Å². The van der Waals surface area contributed by atoms with Gasteiger partial charge in [0.25, 0.3) is 0 Å². The quantitative estimate of drug-likeness (QED) is 0.886. The van der Waals surface area contributed by atoms with E-state index in [0.29, 0.717) is 37.1 Å². The largest absolute Gasteiger partial charge is 0.360 e. The third kappa shape index (κ3) is 4.06. The second kappa shape index (κ2) is 7.21. The lowest BCUT2D eigenvalue weighted by atomic mass is 9.96. The number of carbonyl (C=O) groups is 1. The van der Waals surface area contributed by atoms with Crippen LogP contribution in [0.5, 0.6) is 0 Å². The molecule has 0 radical (unpaired) electrons. The molecule has 3 rings (SSSR count). The molecule has 22 heavy (non-hydrogen) atoms. The Labute approximate surface area is 129 Å². The minimum Gasteiger partial charge on any atom is -0.360 e. The van der Waals surface area contributed by atoms with Crippen LogP contribution in [-0.2, 0) is 14.3 Å². The van der Waals surface area contributed by atoms with Crippen LogP contribution in [0.15, 0.2) is 10.6 Å². The second-order valence-electron chi connectivity index (χ2n) is 5.91. The molecule has 1 aromatic rings. The molecule has 2 saturated heterocycles. The van der Waals surface area contributed by atoms with E-state index in [0.717, 1.165) is 32.5 Å². The van der Waals surface area contributed by atoms with E-state index in [2.05, 4.69) is 15.4 Å². The number of rotatable bonds is 5. The standard InChI is InChI=1S/C15H23N3O4/c1-11-10-13(17-22-11)16-14(19)4-7-18-5-2-12(3-6-18)15-20-8-9-21-15/h10,12,15H,2-9H2,1H3,(H,16,17,19). The van der Waals surface area contributed by atoms with Crippen molar-refractivity contribution in [2.45, 2.75) is 32.5 Å². The summed E-state index contributed by atoms with van der Waals surface area (Å²) in [6.45, 7) is 5.97. The first kappa shape index (κ1) is 15.5. The number of amides is 1. The molecular formula is C15H23N3O4. The highest BCUT2D eigenvalue weighted by Gasteiger charge is 2.30. The lowest BCUT2D eigenvalue weighted by molar-refractivity contribution is -0.117. The molecule has 7 nitrogen and oxygen atoms in total. The topological polar surface area (TPSA) is 76.8 Å². The van der Waals surface area contributed by atoms with E-state index >= 15 is 0 Å². The molecule has 0 saturated carbocycles. The van der Waals surface area contributed by atoms with Crippen LogP contribution >= 0.6 is 0 Å². The van der Waals surface area contributed by atoms with Gasteiger partial charge in [-0.3, -0.25) is 4.79 Å². The van der Waals surface area contributed by atoms with Gasteiger partial charge in [-0.15, -0.1) is 0 Å². The molecule has 2 fully saturated rings. The molecule has 3 heterocycles. The monoisotopic (exact) mass is 309 g/mol. The van der Waals surface area contributed by atoms with Crippen molar-refractivity contribution in [3.63, 3.8) is 0 Å². The van der Waals surface area contributed by atoms with Crippen molar-refractivity contribution in [1.29, 1.82) is 0 Å². The van der Waals surface area contributed by atoms with Gasteiger partial charge in [0.2, 0.25) is 5.91 Å². The summed E-state index contributed by atoms with van der Waals surface area (Å²) in [7, 11) is 0. The third-order valence-corrected chi connectivity index (χ3v) is 4.22. The Balaban J connectivity index is 1.35. The van der Waals surface area contributed by atoms with Crippen molar-refractivity contribution in [2.75, 3.05) is 38.2 Å². The molecule has 0 aliphatic carbocycles. The van der Waals surface area contributed by atoms with E-state index in [1.54, 1.807) is 13.0 Å². The van der Waals surface area contributed by atoms with Crippen LogP contribution in [0.3, 0.4) is 0 Å². The molecule has 0 atom stereocenters. The van der Waals surface area contributed by atoms with Crippen LogP contribution in [0.1, 0.15) is 25.0 Å². The van der Waals surface area contributed by atoms with Crippen LogP contribution in [0.4, 0.5) is 5.82 Å². The summed E-state index contributed by atoms with van der Waals surface area (Å²) in [6.07, 6.45) is 2.58. The van der Waals surface area contributed by atoms with E-state index < -0.39 is 0 Å². The van der Waals surface area contributed by atoms with Gasteiger partial charge in [-0.2, -0.15) is 0 Å². The van der Waals surface area contributed by atoms with Gasteiger partial charge in [0.15, 0.2) is 12.1 Å². The number of piperidine rings is 1. The lowest BCUT2D eigenvalue weighted by Crippen LogP contribution is -2.39. The Bertz CT molecular complexity index is 491. The Morgan fingerprint density at radius 1 is 1.36 bits per heavy atom. The molecule has 2 aliphatic heterocycles. The number of ether oxygens (including phenoxy) is 2. The molecule has 7 heteroatoms. The highest BCUT2D eigenvalue weighted by Crippen LogP contribution is 2.25. The predicted molar refractivity (Wildman–Crippen MR) is 79.3 cm³/mol. The highest BCUT2D eigenvalue weighted by molar-refractivity contribution is 5.89. The van der Waals surface area contributed by atoms with Crippen molar-refractivity contribution in [3.05, 3.63) is 11.8 Å². The Morgan fingerprint density at radius 2 is 2.09 bits per heavy atom. The predicted octanol–water partition coefficient (Wildman–Crippen LogP) is 1.40. The molecule has 1 amide bonds. The first-order valence-electron chi connectivity index (χ1n) is 7.89. The molecule has 1 aromatic heterocycles. The minimum atomic E-state index is -0.0297. The molecule has 0 bridgehead atoms. The summed E-state index contributed by atoms with van der Waals surface area (Å²) < 4.78 is 16.1. The average Bonchev–Trinajstić information content (AvgIpc) is 3.18. The van der Waals surface area contributed by atoms with Gasteiger partial charge in [0.05, 0.1) is 13.2 Å². The fraction of sp³-hybridized carbons (Fsp3) is 0.733. The molecule has 2 aliphatic rings. The molecule has 1 N–H and O–H groups in total. The van der Waals surface area contributed by atoms with Crippen LogP contribution < -0.4 is 5.32 Å².